The highest BCUT2D eigenvalue weighted by atomic mass is 16.5. The van der Waals surface area contributed by atoms with Gasteiger partial charge in [-0.2, -0.15) is 0 Å². The van der Waals surface area contributed by atoms with Crippen LogP contribution in [0.4, 0.5) is 11.4 Å². The maximum atomic E-state index is 12.5. The van der Waals surface area contributed by atoms with E-state index >= 15 is 0 Å². The zero-order valence-electron chi connectivity index (χ0n) is 15.4. The number of aromatic nitrogens is 1. The molecule has 0 aliphatic heterocycles. The van der Waals surface area contributed by atoms with E-state index < -0.39 is 5.91 Å². The third kappa shape index (κ3) is 4.45. The molecule has 0 unspecified atom stereocenters. The van der Waals surface area contributed by atoms with Crippen LogP contribution in [-0.2, 0) is 0 Å². The topological polar surface area (TPSA) is 89.5 Å². The molecule has 0 bridgehead atoms. The number of hydrogen-bond acceptors (Lipinski definition) is 5. The molecule has 3 aromatic rings. The fourth-order valence-corrected chi connectivity index (χ4v) is 2.53. The summed E-state index contributed by atoms with van der Waals surface area (Å²) >= 11 is 0. The van der Waals surface area contributed by atoms with Gasteiger partial charge in [0.05, 0.1) is 14.2 Å². The quantitative estimate of drug-likeness (QED) is 0.685. The van der Waals surface area contributed by atoms with Crippen LogP contribution in [0, 0.1) is 0 Å². The van der Waals surface area contributed by atoms with Crippen molar-refractivity contribution in [3.05, 3.63) is 78.1 Å². The van der Waals surface area contributed by atoms with Gasteiger partial charge >= 0.3 is 0 Å². The summed E-state index contributed by atoms with van der Waals surface area (Å²) in [5.74, 6) is 0.276. The second-order valence-electron chi connectivity index (χ2n) is 5.77. The number of hydrogen-bond donors (Lipinski definition) is 2. The number of anilines is 2. The van der Waals surface area contributed by atoms with Gasteiger partial charge < -0.3 is 20.1 Å². The molecule has 0 saturated carbocycles. The molecule has 0 atom stereocenters. The number of benzene rings is 2. The molecule has 7 heteroatoms. The van der Waals surface area contributed by atoms with Crippen LogP contribution in [0.5, 0.6) is 11.5 Å². The highest BCUT2D eigenvalue weighted by Gasteiger charge is 2.13. The molecule has 0 saturated heterocycles. The van der Waals surface area contributed by atoms with E-state index in [1.807, 2.05) is 18.2 Å². The lowest BCUT2D eigenvalue weighted by Crippen LogP contribution is -2.17. The van der Waals surface area contributed by atoms with Gasteiger partial charge in [0.25, 0.3) is 11.8 Å². The Balaban J connectivity index is 1.74. The minimum absolute atomic E-state index is 0.121. The molecule has 2 aromatic carbocycles. The minimum Gasteiger partial charge on any atom is -0.493 e. The van der Waals surface area contributed by atoms with Crippen molar-refractivity contribution in [3.8, 4) is 11.5 Å². The van der Waals surface area contributed by atoms with Gasteiger partial charge in [-0.15, -0.1) is 0 Å². The van der Waals surface area contributed by atoms with Gasteiger partial charge in [-0.3, -0.25) is 14.6 Å². The molecule has 2 amide bonds. The normalized spacial score (nSPS) is 10.1. The van der Waals surface area contributed by atoms with E-state index in [0.29, 0.717) is 28.4 Å². The van der Waals surface area contributed by atoms with Crippen LogP contribution in [0.25, 0.3) is 0 Å². The molecular weight excluding hydrogens is 358 g/mol. The molecule has 0 spiro atoms. The van der Waals surface area contributed by atoms with Gasteiger partial charge in [-0.25, -0.2) is 0 Å². The van der Waals surface area contributed by atoms with Crippen molar-refractivity contribution in [2.45, 2.75) is 0 Å². The van der Waals surface area contributed by atoms with Crippen LogP contribution in [0.3, 0.4) is 0 Å². The SMILES string of the molecule is COc1ccc(NC(=O)c2cc(C(=O)Nc3ccccc3)ccn2)cc1OC. The molecule has 0 radical (unpaired) electrons. The van der Waals surface area contributed by atoms with E-state index in [1.165, 1.54) is 26.5 Å². The molecule has 0 aliphatic carbocycles. The molecule has 0 aliphatic rings. The maximum Gasteiger partial charge on any atom is 0.274 e. The van der Waals surface area contributed by atoms with Gasteiger partial charge in [0.2, 0.25) is 0 Å². The standard InChI is InChI=1S/C21H19N3O4/c1-27-18-9-8-16(13-19(18)28-2)24-21(26)17-12-14(10-11-22-17)20(25)23-15-6-4-3-5-7-15/h3-13H,1-2H3,(H,23,25)(H,24,26). The zero-order chi connectivity index (χ0) is 19.9. The molecule has 7 nitrogen and oxygen atoms in total. The summed E-state index contributed by atoms with van der Waals surface area (Å²) in [7, 11) is 3.05. The third-order valence-electron chi connectivity index (χ3n) is 3.93. The molecular formula is C21H19N3O4. The van der Waals surface area contributed by atoms with Crippen molar-refractivity contribution in [3.63, 3.8) is 0 Å². The van der Waals surface area contributed by atoms with Crippen LogP contribution in [0.15, 0.2) is 66.9 Å². The number of methoxy groups -OCH3 is 2. The monoisotopic (exact) mass is 377 g/mol. The van der Waals surface area contributed by atoms with Gasteiger partial charge in [0.1, 0.15) is 5.69 Å². The van der Waals surface area contributed by atoms with Crippen LogP contribution in [-0.4, -0.2) is 31.0 Å². The number of carbonyl (C=O) groups is 2. The van der Waals surface area contributed by atoms with E-state index in [9.17, 15) is 9.59 Å². The van der Waals surface area contributed by atoms with E-state index in [0.717, 1.165) is 0 Å². The fourth-order valence-electron chi connectivity index (χ4n) is 2.53. The van der Waals surface area contributed by atoms with E-state index in [-0.39, 0.29) is 11.6 Å². The molecule has 1 heterocycles. The first kappa shape index (κ1) is 18.9. The average Bonchev–Trinajstić information content (AvgIpc) is 2.74. The summed E-state index contributed by atoms with van der Waals surface area (Å²) < 4.78 is 10.4. The third-order valence-corrected chi connectivity index (χ3v) is 3.93. The number of rotatable bonds is 6. The van der Waals surface area contributed by atoms with Crippen molar-refractivity contribution < 1.29 is 19.1 Å². The number of pyridine rings is 1. The lowest BCUT2D eigenvalue weighted by Gasteiger charge is -2.11. The maximum absolute atomic E-state index is 12.5. The molecule has 2 N–H and O–H groups in total. The number of nitrogens with zero attached hydrogens (tertiary/aromatic N) is 1. The zero-order valence-corrected chi connectivity index (χ0v) is 15.4. The van der Waals surface area contributed by atoms with Crippen molar-refractivity contribution in [2.75, 3.05) is 24.9 Å². The second-order valence-corrected chi connectivity index (χ2v) is 5.77. The van der Waals surface area contributed by atoms with Crippen molar-refractivity contribution in [2.24, 2.45) is 0 Å². The summed E-state index contributed by atoms with van der Waals surface area (Å²) in [6, 6.07) is 17.1. The summed E-state index contributed by atoms with van der Waals surface area (Å²) in [4.78, 5) is 29.0. The average molecular weight is 377 g/mol. The molecule has 28 heavy (non-hydrogen) atoms. The predicted octanol–water partition coefficient (Wildman–Crippen LogP) is 3.60. The Labute approximate surface area is 162 Å². The first-order valence-corrected chi connectivity index (χ1v) is 8.46. The van der Waals surface area contributed by atoms with E-state index in [1.54, 1.807) is 36.4 Å². The lowest BCUT2D eigenvalue weighted by molar-refractivity contribution is 0.102. The van der Waals surface area contributed by atoms with Crippen LogP contribution < -0.4 is 20.1 Å². The Morgan fingerprint density at radius 3 is 2.21 bits per heavy atom. The molecule has 3 rings (SSSR count). The van der Waals surface area contributed by atoms with Gasteiger partial charge in [-0.1, -0.05) is 18.2 Å². The smallest absolute Gasteiger partial charge is 0.274 e. The Morgan fingerprint density at radius 2 is 1.50 bits per heavy atom. The van der Waals surface area contributed by atoms with Crippen LogP contribution in [0.1, 0.15) is 20.8 Å². The number of ether oxygens (including phenoxy) is 2. The summed E-state index contributed by atoms with van der Waals surface area (Å²) in [6.45, 7) is 0. The van der Waals surface area contributed by atoms with Crippen molar-refractivity contribution in [1.82, 2.24) is 4.98 Å². The van der Waals surface area contributed by atoms with Crippen molar-refractivity contribution >= 4 is 23.2 Å². The minimum atomic E-state index is -0.443. The Hall–Kier alpha value is -3.87. The fraction of sp³-hybridized carbons (Fsp3) is 0.0952. The summed E-state index contributed by atoms with van der Waals surface area (Å²) in [6.07, 6.45) is 1.42. The van der Waals surface area contributed by atoms with Gasteiger partial charge in [-0.05, 0) is 36.4 Å². The Kier molecular flexibility index (Phi) is 5.86. The highest BCUT2D eigenvalue weighted by molar-refractivity contribution is 6.07. The number of nitrogens with one attached hydrogen (secondary N) is 2. The Bertz CT molecular complexity index is 990. The Morgan fingerprint density at radius 1 is 0.786 bits per heavy atom. The lowest BCUT2D eigenvalue weighted by atomic mass is 10.2. The number of carbonyl (C=O) groups excluding carboxylic acids is 2. The summed E-state index contributed by atoms with van der Waals surface area (Å²) in [5, 5.41) is 5.50. The van der Waals surface area contributed by atoms with Crippen molar-refractivity contribution in [1.29, 1.82) is 0 Å². The highest BCUT2D eigenvalue weighted by Crippen LogP contribution is 2.29. The summed E-state index contributed by atoms with van der Waals surface area (Å²) in [5.41, 5.74) is 1.64. The molecule has 142 valence electrons. The van der Waals surface area contributed by atoms with Gasteiger partial charge in [0, 0.05) is 29.2 Å². The largest absolute Gasteiger partial charge is 0.493 e. The van der Waals surface area contributed by atoms with Crippen LogP contribution >= 0.6 is 0 Å². The molecule has 0 fully saturated rings. The van der Waals surface area contributed by atoms with Gasteiger partial charge in [0.15, 0.2) is 11.5 Å². The van der Waals surface area contributed by atoms with E-state index in [2.05, 4.69) is 15.6 Å². The first-order chi connectivity index (χ1) is 13.6. The first-order valence-electron chi connectivity index (χ1n) is 8.46. The molecule has 1 aromatic heterocycles. The van der Waals surface area contributed by atoms with Crippen LogP contribution in [0.2, 0.25) is 0 Å². The second kappa shape index (κ2) is 8.68. The van der Waals surface area contributed by atoms with E-state index in [4.69, 9.17) is 9.47 Å². The predicted molar refractivity (Wildman–Crippen MR) is 106 cm³/mol. The number of amides is 2. The number of para-hydroxylation sites is 1.